The van der Waals surface area contributed by atoms with E-state index in [9.17, 15) is 14.4 Å². The summed E-state index contributed by atoms with van der Waals surface area (Å²) in [5.41, 5.74) is 3.19. The molecule has 2 aromatic rings. The summed E-state index contributed by atoms with van der Waals surface area (Å²) in [7, 11) is 0. The first-order valence-electron chi connectivity index (χ1n) is 11.8. The van der Waals surface area contributed by atoms with Crippen molar-refractivity contribution < 1.29 is 14.4 Å². The molecule has 10 heteroatoms. The molecule has 4 atom stereocenters. The fourth-order valence-electron chi connectivity index (χ4n) is 4.98. The second kappa shape index (κ2) is 9.33. The number of urea groups is 1. The van der Waals surface area contributed by atoms with Gasteiger partial charge in [-0.05, 0) is 49.5 Å². The Bertz CT molecular complexity index is 1200. The largest absolute Gasteiger partial charge is 0.350 e. The first kappa shape index (κ1) is 23.3. The molecule has 1 aliphatic carbocycles. The molecule has 182 valence electrons. The number of carbonyl (C=O) groups is 3. The van der Waals surface area contributed by atoms with Gasteiger partial charge in [0.1, 0.15) is 10.3 Å². The van der Waals surface area contributed by atoms with Crippen LogP contribution in [0.4, 0.5) is 16.2 Å². The van der Waals surface area contributed by atoms with Crippen LogP contribution in [-0.2, 0) is 9.59 Å². The lowest BCUT2D eigenvalue weighted by Gasteiger charge is -2.34. The number of nitrogens with zero attached hydrogens (tertiary/aromatic N) is 3. The van der Waals surface area contributed by atoms with Crippen molar-refractivity contribution in [2.45, 2.75) is 67.4 Å². The number of anilines is 2. The molecular formula is C25H28N6O3S. The molecule has 5 rings (SSSR count). The van der Waals surface area contributed by atoms with E-state index in [2.05, 4.69) is 46.3 Å². The molecule has 0 spiro atoms. The summed E-state index contributed by atoms with van der Waals surface area (Å²) < 4.78 is 0. The van der Waals surface area contributed by atoms with Crippen molar-refractivity contribution in [3.8, 4) is 0 Å². The van der Waals surface area contributed by atoms with Crippen molar-refractivity contribution in [2.24, 2.45) is 0 Å². The van der Waals surface area contributed by atoms with Gasteiger partial charge in [-0.15, -0.1) is 0 Å². The van der Waals surface area contributed by atoms with E-state index >= 15 is 0 Å². The van der Waals surface area contributed by atoms with Crippen LogP contribution < -0.4 is 20.9 Å². The van der Waals surface area contributed by atoms with Gasteiger partial charge in [0.2, 0.25) is 11.8 Å². The van der Waals surface area contributed by atoms with Gasteiger partial charge in [0, 0.05) is 35.7 Å². The van der Waals surface area contributed by atoms with Crippen LogP contribution in [0.25, 0.3) is 0 Å². The van der Waals surface area contributed by atoms with Crippen LogP contribution in [0.3, 0.4) is 0 Å². The molecular weight excluding hydrogens is 464 g/mol. The third-order valence-electron chi connectivity index (χ3n) is 6.74. The summed E-state index contributed by atoms with van der Waals surface area (Å²) in [6.45, 7) is 7.61. The zero-order chi connectivity index (χ0) is 24.7. The third kappa shape index (κ3) is 4.27. The van der Waals surface area contributed by atoms with Crippen molar-refractivity contribution in [3.63, 3.8) is 0 Å². The maximum Gasteiger partial charge on any atom is 0.327 e. The lowest BCUT2D eigenvalue weighted by molar-refractivity contribution is -0.122. The van der Waals surface area contributed by atoms with Crippen LogP contribution >= 0.6 is 11.8 Å². The first-order valence-corrected chi connectivity index (χ1v) is 12.7. The molecule has 35 heavy (non-hydrogen) atoms. The van der Waals surface area contributed by atoms with E-state index in [1.54, 1.807) is 17.3 Å². The second-order valence-electron chi connectivity index (χ2n) is 9.31. The fourth-order valence-corrected chi connectivity index (χ4v) is 6.22. The van der Waals surface area contributed by atoms with E-state index in [4.69, 9.17) is 0 Å². The van der Waals surface area contributed by atoms with Gasteiger partial charge in [-0.25, -0.2) is 9.78 Å². The lowest BCUT2D eigenvalue weighted by Crippen LogP contribution is -2.53. The number of hydrogen-bond donors (Lipinski definition) is 3. The number of aromatic nitrogens is 2. The maximum atomic E-state index is 13.4. The van der Waals surface area contributed by atoms with Crippen LogP contribution in [0.15, 0.2) is 48.3 Å². The van der Waals surface area contributed by atoms with Crippen molar-refractivity contribution in [1.29, 1.82) is 0 Å². The lowest BCUT2D eigenvalue weighted by atomic mass is 9.99. The third-order valence-corrected chi connectivity index (χ3v) is 8.02. The molecule has 2 aromatic heterocycles. The van der Waals surface area contributed by atoms with E-state index in [-0.39, 0.29) is 35.8 Å². The molecule has 0 saturated heterocycles. The summed E-state index contributed by atoms with van der Waals surface area (Å²) in [6.07, 6.45) is 7.12. The van der Waals surface area contributed by atoms with Crippen molar-refractivity contribution in [2.75, 3.05) is 4.90 Å². The Morgan fingerprint density at radius 3 is 2.69 bits per heavy atom. The molecule has 2 unspecified atom stereocenters. The van der Waals surface area contributed by atoms with Crippen LogP contribution in [0.1, 0.15) is 56.3 Å². The highest BCUT2D eigenvalue weighted by Crippen LogP contribution is 2.50. The summed E-state index contributed by atoms with van der Waals surface area (Å²) in [5.74, 6) is -0.199. The summed E-state index contributed by atoms with van der Waals surface area (Å²) in [5, 5.41) is 9.24. The smallest absolute Gasteiger partial charge is 0.327 e. The minimum atomic E-state index is -0.551. The Kier molecular flexibility index (Phi) is 6.22. The SMILES string of the molecule is C=CC(=O)N[C@@H]1CCC[C@H]1NC(=O)C1Sc2nccc3c2C1NC(=O)N3c1ccnc(C(C)C)c1. The predicted molar refractivity (Wildman–Crippen MR) is 134 cm³/mol. The highest BCUT2D eigenvalue weighted by molar-refractivity contribution is 8.01. The summed E-state index contributed by atoms with van der Waals surface area (Å²) in [4.78, 5) is 49.0. The number of rotatable bonds is 6. The van der Waals surface area contributed by atoms with E-state index in [1.165, 1.54) is 17.8 Å². The highest BCUT2D eigenvalue weighted by atomic mass is 32.2. The monoisotopic (exact) mass is 492 g/mol. The molecule has 0 aromatic carbocycles. The zero-order valence-corrected chi connectivity index (χ0v) is 20.5. The summed E-state index contributed by atoms with van der Waals surface area (Å²) in [6, 6.07) is 4.47. The van der Waals surface area contributed by atoms with Gasteiger partial charge >= 0.3 is 6.03 Å². The van der Waals surface area contributed by atoms with E-state index in [0.29, 0.717) is 0 Å². The Morgan fingerprint density at radius 1 is 1.20 bits per heavy atom. The number of thioether (sulfide) groups is 1. The van der Waals surface area contributed by atoms with Crippen molar-refractivity contribution >= 4 is 41.0 Å². The Labute approximate surface area is 208 Å². The Hall–Kier alpha value is -3.40. The quantitative estimate of drug-likeness (QED) is 0.533. The molecule has 0 radical (unpaired) electrons. The zero-order valence-electron chi connectivity index (χ0n) is 19.7. The first-order chi connectivity index (χ1) is 16.9. The molecule has 2 aliphatic heterocycles. The van der Waals surface area contributed by atoms with Crippen molar-refractivity contribution in [1.82, 2.24) is 25.9 Å². The summed E-state index contributed by atoms with van der Waals surface area (Å²) >= 11 is 1.36. The number of carbonyl (C=O) groups excluding carboxylic acids is 3. The molecule has 9 nitrogen and oxygen atoms in total. The molecule has 4 heterocycles. The highest BCUT2D eigenvalue weighted by Gasteiger charge is 2.47. The number of pyridine rings is 2. The average Bonchev–Trinajstić information content (AvgIpc) is 3.44. The van der Waals surface area contributed by atoms with E-state index in [1.807, 2.05) is 18.2 Å². The van der Waals surface area contributed by atoms with Gasteiger partial charge in [-0.1, -0.05) is 32.2 Å². The number of hydrogen-bond acceptors (Lipinski definition) is 6. The standard InChI is InChI=1S/C25H28N6O3S/c1-4-19(32)28-15-6-5-7-16(15)29-23(33)22-21-20-18(9-11-27-24(20)35-22)31(25(34)30-21)14-8-10-26-17(12-14)13(2)3/h4,8-13,15-16,21-22H,1,5-7H2,2-3H3,(H,28,32)(H,29,33)(H,30,34)/t15-,16-,21?,22?/m1/s1. The van der Waals surface area contributed by atoms with Gasteiger partial charge < -0.3 is 16.0 Å². The minimum absolute atomic E-state index is 0.134. The fraction of sp³-hybridized carbons (Fsp3) is 0.400. The predicted octanol–water partition coefficient (Wildman–Crippen LogP) is 3.32. The molecule has 1 fully saturated rings. The van der Waals surface area contributed by atoms with E-state index in [0.717, 1.165) is 46.9 Å². The van der Waals surface area contributed by atoms with Crippen LogP contribution in [-0.4, -0.2) is 45.1 Å². The van der Waals surface area contributed by atoms with Gasteiger partial charge in [0.25, 0.3) is 0 Å². The van der Waals surface area contributed by atoms with Crippen LogP contribution in [0.2, 0.25) is 0 Å². The molecule has 0 bridgehead atoms. The number of nitrogens with one attached hydrogen (secondary N) is 3. The van der Waals surface area contributed by atoms with Crippen LogP contribution in [0.5, 0.6) is 0 Å². The van der Waals surface area contributed by atoms with Crippen LogP contribution in [0, 0.1) is 0 Å². The van der Waals surface area contributed by atoms with Gasteiger partial charge in [0.15, 0.2) is 0 Å². The second-order valence-corrected chi connectivity index (χ2v) is 10.4. The molecule has 3 aliphatic rings. The van der Waals surface area contributed by atoms with E-state index < -0.39 is 11.3 Å². The molecule has 3 N–H and O–H groups in total. The average molecular weight is 493 g/mol. The molecule has 1 saturated carbocycles. The Morgan fingerprint density at radius 2 is 1.94 bits per heavy atom. The Balaban J connectivity index is 1.40. The minimum Gasteiger partial charge on any atom is -0.350 e. The normalized spacial score (nSPS) is 24.7. The number of amides is 4. The van der Waals surface area contributed by atoms with Gasteiger partial charge in [-0.3, -0.25) is 19.5 Å². The van der Waals surface area contributed by atoms with Crippen molar-refractivity contribution in [3.05, 3.63) is 54.5 Å². The molecule has 4 amide bonds. The van der Waals surface area contributed by atoms with Gasteiger partial charge in [0.05, 0.1) is 17.4 Å². The van der Waals surface area contributed by atoms with Gasteiger partial charge in [-0.2, -0.15) is 0 Å². The maximum absolute atomic E-state index is 13.4. The topological polar surface area (TPSA) is 116 Å².